The molecule has 28 nitrogen and oxygen atoms in total. The van der Waals surface area contributed by atoms with Crippen LogP contribution in [-0.4, -0.2) is 151 Å². The smallest absolute Gasteiger partial charge is 0.417 e. The normalized spacial score (nSPS) is 14.0. The quantitative estimate of drug-likeness (QED) is 0.0305. The summed E-state index contributed by atoms with van der Waals surface area (Å²) >= 11 is 0. The number of cyclic esters (lactones) is 2. The van der Waals surface area contributed by atoms with Gasteiger partial charge in [-0.25, -0.2) is 52.8 Å². The number of alkyl carbamates (subject to hydrolysis) is 3. The molecular weight excluding hydrogens is 1610 g/mol. The van der Waals surface area contributed by atoms with Crippen molar-refractivity contribution in [2.24, 2.45) is 0 Å². The van der Waals surface area contributed by atoms with Gasteiger partial charge in [-0.3, -0.25) is 14.4 Å². The van der Waals surface area contributed by atoms with Gasteiger partial charge in [-0.15, -0.1) is 5.10 Å². The Kier molecular flexibility index (Phi) is 33.7. The first kappa shape index (κ1) is 95.8. The van der Waals surface area contributed by atoms with E-state index in [1.165, 1.54) is 4.90 Å². The number of rotatable bonds is 25. The minimum atomic E-state index is -1.06. The van der Waals surface area contributed by atoms with Gasteiger partial charge in [-0.2, -0.15) is 0 Å². The molecule has 2 aliphatic heterocycles. The number of carbonyl (C=O) groups is 11. The Morgan fingerprint density at radius 2 is 0.786 bits per heavy atom. The van der Waals surface area contributed by atoms with Gasteiger partial charge in [0.1, 0.15) is 62.0 Å². The number of hydrogen-bond acceptors (Lipinski definition) is 21. The Morgan fingerprint density at radius 3 is 1.19 bits per heavy atom. The number of carbonyl (C=O) groups excluding carboxylic acids is 10. The maximum atomic E-state index is 13.9. The molecule has 2 saturated heterocycles. The number of ether oxygens (including phenoxy) is 8. The number of fused-ring (bicyclic) bond motifs is 1. The van der Waals surface area contributed by atoms with E-state index >= 15 is 0 Å². The van der Waals surface area contributed by atoms with E-state index in [-0.39, 0.29) is 77.1 Å². The summed E-state index contributed by atoms with van der Waals surface area (Å²) in [6.07, 6.45) is -2.05. The van der Waals surface area contributed by atoms with Crippen molar-refractivity contribution in [2.75, 3.05) is 26.3 Å². The minimum Gasteiger partial charge on any atom is -0.481 e. The van der Waals surface area contributed by atoms with Crippen LogP contribution < -0.4 is 16.0 Å². The molecule has 0 unspecified atom stereocenters. The lowest BCUT2D eigenvalue weighted by Crippen LogP contribution is -2.46. The van der Waals surface area contributed by atoms with E-state index in [9.17, 15) is 57.8 Å². The number of carboxylic acid groups (broad SMARTS) is 1. The largest absolute Gasteiger partial charge is 0.481 e. The monoisotopic (exact) mass is 1720 g/mol. The van der Waals surface area contributed by atoms with Gasteiger partial charge in [-0.1, -0.05) is 204 Å². The topological polar surface area (TPSA) is 355 Å². The van der Waals surface area contributed by atoms with Crippen LogP contribution in [0.15, 0.2) is 212 Å². The number of nitrogens with zero attached hydrogens (tertiary/aromatic N) is 5. The Morgan fingerprint density at radius 1 is 0.429 bits per heavy atom. The van der Waals surface area contributed by atoms with Crippen LogP contribution in [0.3, 0.4) is 0 Å². The van der Waals surface area contributed by atoms with Gasteiger partial charge in [0, 0.05) is 13.1 Å². The van der Waals surface area contributed by atoms with Crippen LogP contribution in [-0.2, 0) is 98.0 Å². The van der Waals surface area contributed by atoms with Crippen molar-refractivity contribution in [3.8, 4) is 0 Å². The van der Waals surface area contributed by atoms with E-state index in [0.29, 0.717) is 40.7 Å². The molecule has 2 fully saturated rings. The van der Waals surface area contributed by atoms with Crippen LogP contribution in [0.4, 0.5) is 24.0 Å². The lowest BCUT2D eigenvalue weighted by molar-refractivity contribution is -0.138. The Hall–Kier alpha value is -14.1. The zero-order valence-electron chi connectivity index (χ0n) is 73.7. The average molecular weight is 1720 g/mol. The zero-order chi connectivity index (χ0) is 91.6. The summed E-state index contributed by atoms with van der Waals surface area (Å²) in [5, 5.41) is 25.3. The predicted molar refractivity (Wildman–Crippen MR) is 471 cm³/mol. The molecule has 0 aliphatic carbocycles. The van der Waals surface area contributed by atoms with Crippen molar-refractivity contribution in [3.63, 3.8) is 0 Å². The fourth-order valence-electron chi connectivity index (χ4n) is 13.4. The van der Waals surface area contributed by atoms with Crippen LogP contribution in [0.25, 0.3) is 11.0 Å². The molecule has 2 aliphatic rings. The number of esters is 3. The maximum Gasteiger partial charge on any atom is 0.417 e. The van der Waals surface area contributed by atoms with Crippen LogP contribution in [0.2, 0.25) is 0 Å². The summed E-state index contributed by atoms with van der Waals surface area (Å²) in [5.74, 6) is -4.88. The van der Waals surface area contributed by atoms with Crippen LogP contribution >= 0.6 is 0 Å². The highest BCUT2D eigenvalue weighted by atomic mass is 16.6. The molecule has 0 radical (unpaired) electrons. The van der Waals surface area contributed by atoms with Crippen molar-refractivity contribution in [3.05, 3.63) is 307 Å². The predicted octanol–water partition coefficient (Wildman–Crippen LogP) is 16.9. The minimum absolute atomic E-state index is 0.0405. The third-order valence-electron chi connectivity index (χ3n) is 19.6. The first-order valence-corrected chi connectivity index (χ1v) is 41.2. The molecule has 0 bridgehead atoms. The lowest BCUT2D eigenvalue weighted by Gasteiger charge is -2.26. The van der Waals surface area contributed by atoms with Gasteiger partial charge in [-0.05, 0) is 208 Å². The molecule has 10 aromatic rings. The van der Waals surface area contributed by atoms with E-state index in [2.05, 4.69) is 26.3 Å². The molecule has 0 saturated carbocycles. The Labute approximate surface area is 733 Å². The first-order chi connectivity index (χ1) is 59.7. The number of benzene rings is 9. The van der Waals surface area contributed by atoms with E-state index < -0.39 is 89.0 Å². The van der Waals surface area contributed by atoms with E-state index in [0.717, 1.165) is 82.7 Å². The number of nitrogens with one attached hydrogen (secondary N) is 3. The Balaban J connectivity index is 0.000000197. The SMILES string of the molecule is CC(C)(C)OC(=O)NCn1nnc2ccccc21.Cc1ccc(C(=O)OCc2ccc(CC(=O)N3C(=O)OC[C@H]3Cc3ccccc3)cc2)c(C)c1.Cc1ccc(C(=O)OCc2ccc([C@@H](CNC(=O)OC(C)(C)C)C(=O)N3C(=O)OC[C@H]3Cc3ccccc3)cc2)c(C)c1.Cc1ccc(C(=O)OCc2ccc([C@@H](CNC(=O)OC(C)(C)C)C(=O)O)cc2)c(C)c1. The number of aromatic nitrogens is 3. The molecule has 3 heterocycles. The highest BCUT2D eigenvalue weighted by Gasteiger charge is 2.42. The maximum absolute atomic E-state index is 13.9. The molecular formula is C98H110N8O20. The van der Waals surface area contributed by atoms with Crippen molar-refractivity contribution >= 4 is 77.2 Å². The molecule has 4 N–H and O–H groups in total. The molecule has 126 heavy (non-hydrogen) atoms. The van der Waals surface area contributed by atoms with Crippen molar-refractivity contribution in [1.29, 1.82) is 0 Å². The van der Waals surface area contributed by atoms with Gasteiger partial charge in [0.05, 0.1) is 52.5 Å². The summed E-state index contributed by atoms with van der Waals surface area (Å²) in [6, 6.07) is 63.6. The standard InChI is InChI=1S/C34H38N2O7.C28H27NO5.C24H29NO6.C12H16N4O2/c1-22-11-16-28(23(2)17-22)31(38)41-20-25-12-14-26(15-13-25)29(19-35-32(39)43-34(3,4)5)30(37)36-27(21-42-33(36)40)18-24-9-7-6-8-10-24;1-19-8-13-25(20(2)14-19)27(31)33-17-23-11-9-22(10-12-23)16-26(30)29-24(18-34-28(29)32)15-21-6-4-3-5-7-21;1-15-6-11-19(16(2)12-15)22(28)30-14-17-7-9-18(10-8-17)20(21(26)27)13-25-23(29)31-24(3,4)5;1-12(2,3)18-11(17)13-8-16-10-7-5-4-6-9(10)14-15-16/h6-17,27,29H,18-21H2,1-5H3,(H,35,39);3-14,24H,15-18H2,1-2H3;6-12,20H,13-14H2,1-5H3,(H,25,29)(H,26,27);4-7H,8H2,1-3H3,(H,13,17)/t27-,29-;24-;20-;/m111./s1. The summed E-state index contributed by atoms with van der Waals surface area (Å²) in [4.78, 5) is 139. The van der Waals surface area contributed by atoms with E-state index in [1.54, 1.807) is 113 Å². The van der Waals surface area contributed by atoms with Crippen LogP contribution in [0, 0.1) is 41.5 Å². The van der Waals surface area contributed by atoms with Crippen LogP contribution in [0.1, 0.15) is 183 Å². The molecule has 28 heteroatoms. The summed E-state index contributed by atoms with van der Waals surface area (Å²) < 4.78 is 44.0. The molecule has 9 aromatic carbocycles. The summed E-state index contributed by atoms with van der Waals surface area (Å²) in [6.45, 7) is 27.9. The average Bonchev–Trinajstić information content (AvgIpc) is 1.63. The van der Waals surface area contributed by atoms with Crippen molar-refractivity contribution in [2.45, 2.75) is 190 Å². The number of hydrogen-bond donors (Lipinski definition) is 4. The second-order valence-corrected chi connectivity index (χ2v) is 33.6. The molecule has 4 atom stereocenters. The Bertz CT molecular complexity index is 5470. The molecule has 662 valence electrons. The molecule has 7 amide bonds. The molecule has 12 rings (SSSR count). The number of carboxylic acids is 1. The van der Waals surface area contributed by atoms with Gasteiger partial charge >= 0.3 is 54.3 Å². The number of aliphatic carboxylic acids is 1. The number of aryl methyl sites for hydroxylation is 6. The molecule has 0 spiro atoms. The van der Waals surface area contributed by atoms with Gasteiger partial charge in [0.2, 0.25) is 11.8 Å². The second kappa shape index (κ2) is 44.3. The fraction of sp³-hybridized carbons (Fsp3) is 0.337. The number of imide groups is 2. The summed E-state index contributed by atoms with van der Waals surface area (Å²) in [7, 11) is 0. The molecule has 1 aromatic heterocycles. The lowest BCUT2D eigenvalue weighted by atomic mass is 9.95. The highest BCUT2D eigenvalue weighted by molar-refractivity contribution is 5.98. The third-order valence-corrected chi connectivity index (χ3v) is 19.6. The van der Waals surface area contributed by atoms with Gasteiger partial charge < -0.3 is 59.0 Å². The second-order valence-electron chi connectivity index (χ2n) is 33.6. The number of amides is 7. The zero-order valence-corrected chi connectivity index (χ0v) is 73.7. The number of para-hydroxylation sites is 1. The third kappa shape index (κ3) is 29.6. The van der Waals surface area contributed by atoms with Gasteiger partial charge in [0.15, 0.2) is 0 Å². The van der Waals surface area contributed by atoms with Crippen molar-refractivity contribution in [1.82, 2.24) is 40.7 Å². The van der Waals surface area contributed by atoms with Gasteiger partial charge in [0.25, 0.3) is 0 Å². The summed E-state index contributed by atoms with van der Waals surface area (Å²) in [5.41, 5.74) is 13.3. The van der Waals surface area contributed by atoms with Crippen LogP contribution in [0.5, 0.6) is 0 Å². The van der Waals surface area contributed by atoms with E-state index in [1.807, 2.05) is 208 Å². The first-order valence-electron chi connectivity index (χ1n) is 41.2. The highest BCUT2D eigenvalue weighted by Crippen LogP contribution is 2.29. The fourth-order valence-corrected chi connectivity index (χ4v) is 13.4. The van der Waals surface area contributed by atoms with Crippen molar-refractivity contribution < 1.29 is 95.7 Å². The van der Waals surface area contributed by atoms with E-state index in [4.69, 9.17) is 37.9 Å².